The molecular formula is C15H13Cl2N3. The Bertz CT molecular complexity index is 765. The van der Waals surface area contributed by atoms with Gasteiger partial charge in [0.25, 0.3) is 0 Å². The standard InChI is InChI=1S/C15H13Cl2N3/c1-2-15-19-11-5-3-4-6-13(11)20(15)9-12-10(16)7-8-14(17)18-12/h3-8H,2,9H2,1H3. The van der Waals surface area contributed by atoms with Crippen LogP contribution in [0.25, 0.3) is 11.0 Å². The van der Waals surface area contributed by atoms with Crippen LogP contribution in [0.4, 0.5) is 0 Å². The Morgan fingerprint density at radius 3 is 2.65 bits per heavy atom. The van der Waals surface area contributed by atoms with E-state index in [1.165, 1.54) is 0 Å². The zero-order chi connectivity index (χ0) is 14.1. The first-order chi connectivity index (χ1) is 9.69. The third-order valence-electron chi connectivity index (χ3n) is 3.24. The molecule has 0 atom stereocenters. The van der Waals surface area contributed by atoms with Crippen molar-refractivity contribution in [2.75, 3.05) is 0 Å². The van der Waals surface area contributed by atoms with Gasteiger partial charge < -0.3 is 4.57 Å². The fraction of sp³-hybridized carbons (Fsp3) is 0.200. The quantitative estimate of drug-likeness (QED) is 0.674. The average Bonchev–Trinajstić information content (AvgIpc) is 2.81. The molecule has 2 heterocycles. The molecule has 0 radical (unpaired) electrons. The summed E-state index contributed by atoms with van der Waals surface area (Å²) in [4.78, 5) is 8.95. The number of rotatable bonds is 3. The van der Waals surface area contributed by atoms with Gasteiger partial charge in [0.05, 0.1) is 28.3 Å². The number of fused-ring (bicyclic) bond motifs is 1. The molecule has 102 valence electrons. The minimum atomic E-state index is 0.451. The second kappa shape index (κ2) is 5.43. The normalized spacial score (nSPS) is 11.2. The Morgan fingerprint density at radius 2 is 1.85 bits per heavy atom. The van der Waals surface area contributed by atoms with E-state index >= 15 is 0 Å². The molecule has 1 aromatic carbocycles. The van der Waals surface area contributed by atoms with Gasteiger partial charge in [-0.3, -0.25) is 0 Å². The smallest absolute Gasteiger partial charge is 0.129 e. The van der Waals surface area contributed by atoms with Crippen LogP contribution in [0.3, 0.4) is 0 Å². The van der Waals surface area contributed by atoms with E-state index in [-0.39, 0.29) is 0 Å². The fourth-order valence-electron chi connectivity index (χ4n) is 2.29. The Balaban J connectivity index is 2.12. The van der Waals surface area contributed by atoms with Crippen molar-refractivity contribution in [3.05, 3.63) is 58.1 Å². The maximum absolute atomic E-state index is 6.20. The predicted octanol–water partition coefficient (Wildman–Crippen LogP) is 4.35. The van der Waals surface area contributed by atoms with Crippen LogP contribution in [-0.4, -0.2) is 14.5 Å². The van der Waals surface area contributed by atoms with Crippen LogP contribution in [0.2, 0.25) is 10.2 Å². The van der Waals surface area contributed by atoms with E-state index < -0.39 is 0 Å². The lowest BCUT2D eigenvalue weighted by Gasteiger charge is -2.09. The number of hydrogen-bond acceptors (Lipinski definition) is 2. The Labute approximate surface area is 127 Å². The first-order valence-electron chi connectivity index (χ1n) is 6.44. The molecule has 20 heavy (non-hydrogen) atoms. The van der Waals surface area contributed by atoms with Crippen molar-refractivity contribution in [1.82, 2.24) is 14.5 Å². The molecule has 3 aromatic rings. The van der Waals surface area contributed by atoms with Crippen molar-refractivity contribution < 1.29 is 0 Å². The number of pyridine rings is 1. The van der Waals surface area contributed by atoms with Crippen LogP contribution in [0.5, 0.6) is 0 Å². The number of imidazole rings is 1. The second-order valence-electron chi connectivity index (χ2n) is 4.52. The van der Waals surface area contributed by atoms with Gasteiger partial charge in [-0.2, -0.15) is 0 Å². The molecule has 0 spiro atoms. The number of nitrogens with zero attached hydrogens (tertiary/aromatic N) is 3. The Kier molecular flexibility index (Phi) is 3.64. The Hall–Kier alpha value is -1.58. The van der Waals surface area contributed by atoms with Crippen LogP contribution in [-0.2, 0) is 13.0 Å². The van der Waals surface area contributed by atoms with Gasteiger partial charge >= 0.3 is 0 Å². The Morgan fingerprint density at radius 1 is 1.05 bits per heavy atom. The maximum Gasteiger partial charge on any atom is 0.129 e. The molecule has 0 aliphatic rings. The maximum atomic E-state index is 6.20. The van der Waals surface area contributed by atoms with E-state index in [1.54, 1.807) is 12.1 Å². The van der Waals surface area contributed by atoms with E-state index in [4.69, 9.17) is 23.2 Å². The monoisotopic (exact) mass is 305 g/mol. The molecule has 2 aromatic heterocycles. The molecule has 0 saturated heterocycles. The molecule has 0 fully saturated rings. The van der Waals surface area contributed by atoms with E-state index in [1.807, 2.05) is 18.2 Å². The number of para-hydroxylation sites is 2. The van der Waals surface area contributed by atoms with Crippen LogP contribution >= 0.6 is 23.2 Å². The summed E-state index contributed by atoms with van der Waals surface area (Å²) in [6.07, 6.45) is 0.854. The minimum absolute atomic E-state index is 0.451. The third kappa shape index (κ3) is 2.39. The van der Waals surface area contributed by atoms with Crippen molar-refractivity contribution in [1.29, 1.82) is 0 Å². The summed E-state index contributed by atoms with van der Waals surface area (Å²) in [6, 6.07) is 11.5. The number of halogens is 2. The average molecular weight is 306 g/mol. The molecule has 3 nitrogen and oxygen atoms in total. The lowest BCUT2D eigenvalue weighted by molar-refractivity contribution is 0.736. The number of aromatic nitrogens is 3. The lowest BCUT2D eigenvalue weighted by atomic mass is 10.3. The van der Waals surface area contributed by atoms with Crippen molar-refractivity contribution in [3.8, 4) is 0 Å². The van der Waals surface area contributed by atoms with E-state index in [9.17, 15) is 0 Å². The van der Waals surface area contributed by atoms with Gasteiger partial charge in [0, 0.05) is 6.42 Å². The number of aryl methyl sites for hydroxylation is 1. The summed E-state index contributed by atoms with van der Waals surface area (Å²) in [7, 11) is 0. The fourth-order valence-corrected chi connectivity index (χ4v) is 2.62. The van der Waals surface area contributed by atoms with Crippen LogP contribution < -0.4 is 0 Å². The molecule has 3 rings (SSSR count). The minimum Gasteiger partial charge on any atom is -0.322 e. The van der Waals surface area contributed by atoms with E-state index in [0.29, 0.717) is 16.7 Å². The first kappa shape index (κ1) is 13.4. The summed E-state index contributed by atoms with van der Waals surface area (Å²) >= 11 is 12.2. The molecule has 0 unspecified atom stereocenters. The molecule has 0 aliphatic carbocycles. The van der Waals surface area contributed by atoms with Crippen molar-refractivity contribution >= 4 is 34.2 Å². The largest absolute Gasteiger partial charge is 0.322 e. The van der Waals surface area contributed by atoms with Gasteiger partial charge in [-0.25, -0.2) is 9.97 Å². The van der Waals surface area contributed by atoms with Gasteiger partial charge in [0.2, 0.25) is 0 Å². The van der Waals surface area contributed by atoms with Gasteiger partial charge in [0.1, 0.15) is 11.0 Å². The SMILES string of the molecule is CCc1nc2ccccc2n1Cc1nc(Cl)ccc1Cl. The molecule has 0 amide bonds. The highest BCUT2D eigenvalue weighted by Gasteiger charge is 2.12. The lowest BCUT2D eigenvalue weighted by Crippen LogP contribution is -2.06. The summed E-state index contributed by atoms with van der Waals surface area (Å²) in [5, 5.41) is 1.07. The summed E-state index contributed by atoms with van der Waals surface area (Å²) < 4.78 is 2.14. The highest BCUT2D eigenvalue weighted by molar-refractivity contribution is 6.32. The third-order valence-corrected chi connectivity index (χ3v) is 3.80. The highest BCUT2D eigenvalue weighted by Crippen LogP contribution is 2.22. The van der Waals surface area contributed by atoms with Crippen LogP contribution in [0.15, 0.2) is 36.4 Å². The summed E-state index contributed by atoms with van der Waals surface area (Å²) in [5.41, 5.74) is 2.83. The van der Waals surface area contributed by atoms with Gasteiger partial charge in [0.15, 0.2) is 0 Å². The summed E-state index contributed by atoms with van der Waals surface area (Å²) in [6.45, 7) is 2.66. The van der Waals surface area contributed by atoms with Crippen molar-refractivity contribution in [2.24, 2.45) is 0 Å². The van der Waals surface area contributed by atoms with Crippen molar-refractivity contribution in [3.63, 3.8) is 0 Å². The zero-order valence-corrected chi connectivity index (χ0v) is 12.5. The van der Waals surface area contributed by atoms with Crippen LogP contribution in [0.1, 0.15) is 18.4 Å². The molecule has 5 heteroatoms. The van der Waals surface area contributed by atoms with E-state index in [2.05, 4.69) is 27.5 Å². The van der Waals surface area contributed by atoms with E-state index in [0.717, 1.165) is 29.0 Å². The summed E-state index contributed by atoms with van der Waals surface area (Å²) in [5.74, 6) is 1.02. The predicted molar refractivity (Wildman–Crippen MR) is 82.5 cm³/mol. The zero-order valence-electron chi connectivity index (χ0n) is 11.0. The van der Waals surface area contributed by atoms with Gasteiger partial charge in [-0.1, -0.05) is 42.3 Å². The first-order valence-corrected chi connectivity index (χ1v) is 7.19. The second-order valence-corrected chi connectivity index (χ2v) is 5.31. The highest BCUT2D eigenvalue weighted by atomic mass is 35.5. The van der Waals surface area contributed by atoms with Crippen LogP contribution in [0, 0.1) is 0 Å². The molecule has 0 saturated carbocycles. The molecule has 0 bridgehead atoms. The van der Waals surface area contributed by atoms with Gasteiger partial charge in [-0.05, 0) is 24.3 Å². The number of hydrogen-bond donors (Lipinski definition) is 0. The number of benzene rings is 1. The topological polar surface area (TPSA) is 30.7 Å². The molecule has 0 aliphatic heterocycles. The molecule has 0 N–H and O–H groups in total. The van der Waals surface area contributed by atoms with Crippen molar-refractivity contribution in [2.45, 2.75) is 19.9 Å². The van der Waals surface area contributed by atoms with Gasteiger partial charge in [-0.15, -0.1) is 0 Å². The molecular weight excluding hydrogens is 293 g/mol.